The van der Waals surface area contributed by atoms with E-state index in [9.17, 15) is 14.4 Å². The van der Waals surface area contributed by atoms with E-state index in [1.165, 1.54) is 11.8 Å². The smallest absolute Gasteiger partial charge is 0.305 e. The van der Waals surface area contributed by atoms with E-state index in [-0.39, 0.29) is 24.8 Å². The van der Waals surface area contributed by atoms with Crippen LogP contribution in [0.3, 0.4) is 0 Å². The van der Waals surface area contributed by atoms with E-state index in [1.54, 1.807) is 24.3 Å². The second kappa shape index (κ2) is 7.04. The van der Waals surface area contributed by atoms with Gasteiger partial charge in [0.15, 0.2) is 0 Å². The van der Waals surface area contributed by atoms with Gasteiger partial charge in [0.1, 0.15) is 0 Å². The number of carbonyl (C=O) groups excluding carboxylic acids is 2. The van der Waals surface area contributed by atoms with E-state index in [4.69, 9.17) is 9.84 Å². The Labute approximate surface area is 127 Å². The van der Waals surface area contributed by atoms with Gasteiger partial charge in [-0.3, -0.25) is 14.4 Å². The normalized spacial score (nSPS) is 17.9. The van der Waals surface area contributed by atoms with Crippen LogP contribution in [0.15, 0.2) is 24.3 Å². The average molecular weight is 306 g/mol. The summed E-state index contributed by atoms with van der Waals surface area (Å²) in [6, 6.07) is 6.04. The minimum Gasteiger partial charge on any atom is -0.481 e. The third kappa shape index (κ3) is 4.05. The summed E-state index contributed by atoms with van der Waals surface area (Å²) >= 11 is 0. The number of carboxylic acids is 1. The molecule has 0 saturated carbocycles. The molecule has 7 heteroatoms. The van der Waals surface area contributed by atoms with Crippen LogP contribution >= 0.6 is 0 Å². The lowest BCUT2D eigenvalue weighted by atomic mass is 10.1. The maximum atomic E-state index is 12.5. The number of morpholine rings is 1. The second-order valence-electron chi connectivity index (χ2n) is 5.08. The van der Waals surface area contributed by atoms with Gasteiger partial charge in [-0.1, -0.05) is 0 Å². The lowest BCUT2D eigenvalue weighted by Crippen LogP contribution is -2.49. The Balaban J connectivity index is 2.11. The number of nitrogens with zero attached hydrogens (tertiary/aromatic N) is 1. The topological polar surface area (TPSA) is 95.9 Å². The van der Waals surface area contributed by atoms with Crippen LogP contribution in [0.25, 0.3) is 0 Å². The Kier molecular flexibility index (Phi) is 5.11. The molecule has 1 aliphatic heterocycles. The maximum absolute atomic E-state index is 12.5. The van der Waals surface area contributed by atoms with Gasteiger partial charge in [0, 0.05) is 24.7 Å². The number of aliphatic carboxylic acids is 1. The van der Waals surface area contributed by atoms with E-state index >= 15 is 0 Å². The summed E-state index contributed by atoms with van der Waals surface area (Å²) in [6.45, 7) is 2.39. The molecule has 2 rings (SSSR count). The zero-order valence-electron chi connectivity index (χ0n) is 12.2. The Hall–Kier alpha value is -2.41. The quantitative estimate of drug-likeness (QED) is 0.864. The van der Waals surface area contributed by atoms with Gasteiger partial charge >= 0.3 is 5.97 Å². The summed E-state index contributed by atoms with van der Waals surface area (Å²) in [5.41, 5.74) is 1.06. The number of amides is 2. The summed E-state index contributed by atoms with van der Waals surface area (Å²) in [4.78, 5) is 35.9. The Bertz CT molecular complexity index is 570. The largest absolute Gasteiger partial charge is 0.481 e. The predicted molar refractivity (Wildman–Crippen MR) is 78.6 cm³/mol. The lowest BCUT2D eigenvalue weighted by molar-refractivity contribution is -0.139. The van der Waals surface area contributed by atoms with Gasteiger partial charge in [-0.15, -0.1) is 0 Å². The number of nitrogens with one attached hydrogen (secondary N) is 1. The van der Waals surface area contributed by atoms with Crippen LogP contribution in [0.4, 0.5) is 5.69 Å². The van der Waals surface area contributed by atoms with Crippen molar-refractivity contribution in [2.24, 2.45) is 0 Å². The van der Waals surface area contributed by atoms with Crippen LogP contribution in [0.2, 0.25) is 0 Å². The molecule has 22 heavy (non-hydrogen) atoms. The standard InChI is InChI=1S/C15H18N2O5/c1-10(18)16-12-4-2-11(3-5-12)15(21)17-6-7-22-9-13(17)8-14(19)20/h2-5,13H,6-9H2,1H3,(H,16,18)(H,19,20). The zero-order chi connectivity index (χ0) is 16.1. The molecular weight excluding hydrogens is 288 g/mol. The molecule has 0 radical (unpaired) electrons. The molecular formula is C15H18N2O5. The number of benzene rings is 1. The first-order valence-electron chi connectivity index (χ1n) is 6.95. The first-order chi connectivity index (χ1) is 10.5. The molecule has 1 aromatic rings. The van der Waals surface area contributed by atoms with Crippen molar-refractivity contribution in [3.8, 4) is 0 Å². The fourth-order valence-corrected chi connectivity index (χ4v) is 2.36. The van der Waals surface area contributed by atoms with Gasteiger partial charge in [-0.25, -0.2) is 0 Å². The molecule has 1 atom stereocenters. The van der Waals surface area contributed by atoms with Gasteiger partial charge < -0.3 is 20.1 Å². The van der Waals surface area contributed by atoms with Crippen molar-refractivity contribution in [3.05, 3.63) is 29.8 Å². The first-order valence-corrected chi connectivity index (χ1v) is 6.95. The van der Waals surface area contributed by atoms with Crippen LogP contribution in [-0.4, -0.2) is 53.6 Å². The lowest BCUT2D eigenvalue weighted by Gasteiger charge is -2.34. The fourth-order valence-electron chi connectivity index (χ4n) is 2.36. The second-order valence-corrected chi connectivity index (χ2v) is 5.08. The van der Waals surface area contributed by atoms with Crippen molar-refractivity contribution in [3.63, 3.8) is 0 Å². The molecule has 2 amide bonds. The predicted octanol–water partition coefficient (Wildman–Crippen LogP) is 0.961. The molecule has 1 aromatic carbocycles. The Morgan fingerprint density at radius 2 is 2.00 bits per heavy atom. The van der Waals surface area contributed by atoms with E-state index in [0.717, 1.165) is 0 Å². The molecule has 118 valence electrons. The van der Waals surface area contributed by atoms with Crippen molar-refractivity contribution >= 4 is 23.5 Å². The van der Waals surface area contributed by atoms with Crippen LogP contribution in [0.5, 0.6) is 0 Å². The first kappa shape index (κ1) is 16.0. The van der Waals surface area contributed by atoms with E-state index in [2.05, 4.69) is 5.32 Å². The highest BCUT2D eigenvalue weighted by Crippen LogP contribution is 2.17. The van der Waals surface area contributed by atoms with Crippen LogP contribution in [0, 0.1) is 0 Å². The molecule has 1 heterocycles. The molecule has 1 unspecified atom stereocenters. The van der Waals surface area contributed by atoms with Crippen molar-refractivity contribution in [2.45, 2.75) is 19.4 Å². The highest BCUT2D eigenvalue weighted by Gasteiger charge is 2.29. The number of carboxylic acid groups (broad SMARTS) is 1. The third-order valence-electron chi connectivity index (χ3n) is 3.35. The minimum absolute atomic E-state index is 0.143. The van der Waals surface area contributed by atoms with Crippen molar-refractivity contribution < 1.29 is 24.2 Å². The van der Waals surface area contributed by atoms with E-state index in [0.29, 0.717) is 24.4 Å². The van der Waals surface area contributed by atoms with E-state index in [1.807, 2.05) is 0 Å². The molecule has 0 bridgehead atoms. The summed E-state index contributed by atoms with van der Waals surface area (Å²) < 4.78 is 5.26. The molecule has 0 spiro atoms. The monoisotopic (exact) mass is 306 g/mol. The highest BCUT2D eigenvalue weighted by molar-refractivity contribution is 5.96. The van der Waals surface area contributed by atoms with Crippen molar-refractivity contribution in [1.29, 1.82) is 0 Å². The van der Waals surface area contributed by atoms with Crippen LogP contribution in [0.1, 0.15) is 23.7 Å². The Morgan fingerprint density at radius 1 is 1.32 bits per heavy atom. The van der Waals surface area contributed by atoms with Gasteiger partial charge in [0.2, 0.25) is 5.91 Å². The summed E-state index contributed by atoms with van der Waals surface area (Å²) in [7, 11) is 0. The number of rotatable bonds is 4. The molecule has 1 saturated heterocycles. The van der Waals surface area contributed by atoms with Gasteiger partial charge in [-0.2, -0.15) is 0 Å². The summed E-state index contributed by atoms with van der Waals surface area (Å²) in [5.74, 6) is -1.38. The van der Waals surface area contributed by atoms with Crippen molar-refractivity contribution in [2.75, 3.05) is 25.1 Å². The number of carbonyl (C=O) groups is 3. The number of hydrogen-bond donors (Lipinski definition) is 2. The summed E-state index contributed by atoms with van der Waals surface area (Å²) in [5, 5.41) is 11.5. The molecule has 1 fully saturated rings. The zero-order valence-corrected chi connectivity index (χ0v) is 12.2. The Morgan fingerprint density at radius 3 is 2.59 bits per heavy atom. The molecule has 0 aliphatic carbocycles. The molecule has 2 N–H and O–H groups in total. The minimum atomic E-state index is -0.964. The van der Waals surface area contributed by atoms with Crippen LogP contribution < -0.4 is 5.32 Å². The summed E-state index contributed by atoms with van der Waals surface area (Å²) in [6.07, 6.45) is -0.143. The average Bonchev–Trinajstić information content (AvgIpc) is 2.47. The third-order valence-corrected chi connectivity index (χ3v) is 3.35. The van der Waals surface area contributed by atoms with E-state index < -0.39 is 12.0 Å². The number of ether oxygens (including phenoxy) is 1. The maximum Gasteiger partial charge on any atom is 0.305 e. The van der Waals surface area contributed by atoms with Gasteiger partial charge in [0.25, 0.3) is 5.91 Å². The molecule has 7 nitrogen and oxygen atoms in total. The number of hydrogen-bond acceptors (Lipinski definition) is 4. The SMILES string of the molecule is CC(=O)Nc1ccc(C(=O)N2CCOCC2CC(=O)O)cc1. The van der Waals surface area contributed by atoms with Gasteiger partial charge in [-0.05, 0) is 24.3 Å². The molecule has 1 aliphatic rings. The highest BCUT2D eigenvalue weighted by atomic mass is 16.5. The van der Waals surface area contributed by atoms with Crippen LogP contribution in [-0.2, 0) is 14.3 Å². The fraction of sp³-hybridized carbons (Fsp3) is 0.400. The number of anilines is 1. The molecule has 0 aromatic heterocycles. The van der Waals surface area contributed by atoms with Gasteiger partial charge in [0.05, 0.1) is 25.7 Å². The van der Waals surface area contributed by atoms with Crippen molar-refractivity contribution in [1.82, 2.24) is 4.90 Å².